The molecule has 1 aliphatic rings. The molecule has 1 amide bonds. The van der Waals surface area contributed by atoms with Crippen LogP contribution in [-0.2, 0) is 27.7 Å². The van der Waals surface area contributed by atoms with Crippen molar-refractivity contribution >= 4 is 21.4 Å². The summed E-state index contributed by atoms with van der Waals surface area (Å²) in [5.74, 6) is 0.655. The van der Waals surface area contributed by atoms with Crippen LogP contribution in [0.15, 0.2) is 48.5 Å². The van der Waals surface area contributed by atoms with Gasteiger partial charge >= 0.3 is 0 Å². The number of sulfone groups is 1. The van der Waals surface area contributed by atoms with Gasteiger partial charge in [-0.15, -0.1) is 0 Å². The van der Waals surface area contributed by atoms with Gasteiger partial charge in [-0.05, 0) is 24.1 Å². The van der Waals surface area contributed by atoms with Gasteiger partial charge in [-0.3, -0.25) is 4.79 Å². The maximum Gasteiger partial charge on any atom is 0.227 e. The molecular weight excluding hydrogens is 338 g/mol. The zero-order chi connectivity index (χ0) is 17.9. The summed E-state index contributed by atoms with van der Waals surface area (Å²) in [6, 6.07) is 15.5. The molecule has 0 aliphatic carbocycles. The Morgan fingerprint density at radius 2 is 1.80 bits per heavy atom. The third-order valence-corrected chi connectivity index (χ3v) is 5.14. The SMILES string of the molecule is CS(=O)(=O)CCN1C(=O)CCc2c(OCc3ccccc3)cccc21. The van der Waals surface area contributed by atoms with E-state index < -0.39 is 9.84 Å². The molecule has 0 fully saturated rings. The summed E-state index contributed by atoms with van der Waals surface area (Å²) in [6.45, 7) is 0.626. The Morgan fingerprint density at radius 1 is 1.04 bits per heavy atom. The van der Waals surface area contributed by atoms with Crippen molar-refractivity contribution in [3.05, 3.63) is 59.7 Å². The maximum absolute atomic E-state index is 12.3. The number of carbonyl (C=O) groups excluding carboxylic acids is 1. The van der Waals surface area contributed by atoms with Gasteiger partial charge in [-0.25, -0.2) is 8.42 Å². The molecule has 0 radical (unpaired) electrons. The molecule has 1 aliphatic heterocycles. The van der Waals surface area contributed by atoms with E-state index in [0.717, 1.165) is 22.6 Å². The molecule has 0 N–H and O–H groups in total. The summed E-state index contributed by atoms with van der Waals surface area (Å²) in [5.41, 5.74) is 2.79. The highest BCUT2D eigenvalue weighted by molar-refractivity contribution is 7.90. The van der Waals surface area contributed by atoms with E-state index in [9.17, 15) is 13.2 Å². The topological polar surface area (TPSA) is 63.7 Å². The Labute approximate surface area is 148 Å². The van der Waals surface area contributed by atoms with Gasteiger partial charge in [0.15, 0.2) is 0 Å². The molecule has 2 aromatic carbocycles. The molecule has 5 nitrogen and oxygen atoms in total. The number of hydrogen-bond donors (Lipinski definition) is 0. The second kappa shape index (κ2) is 7.27. The van der Waals surface area contributed by atoms with Gasteiger partial charge < -0.3 is 9.64 Å². The number of ether oxygens (including phenoxy) is 1. The van der Waals surface area contributed by atoms with E-state index in [1.807, 2.05) is 48.5 Å². The van der Waals surface area contributed by atoms with Crippen LogP contribution < -0.4 is 9.64 Å². The monoisotopic (exact) mass is 359 g/mol. The zero-order valence-corrected chi connectivity index (χ0v) is 15.0. The summed E-state index contributed by atoms with van der Waals surface area (Å²) >= 11 is 0. The molecule has 25 heavy (non-hydrogen) atoms. The minimum absolute atomic E-state index is 0.0450. The van der Waals surface area contributed by atoms with Crippen molar-refractivity contribution < 1.29 is 17.9 Å². The van der Waals surface area contributed by atoms with Crippen LogP contribution in [0.3, 0.4) is 0 Å². The molecule has 0 spiro atoms. The fourth-order valence-corrected chi connectivity index (χ4v) is 3.45. The molecule has 6 heteroatoms. The van der Waals surface area contributed by atoms with E-state index in [4.69, 9.17) is 4.74 Å². The predicted octanol–water partition coefficient (Wildman–Crippen LogP) is 2.59. The minimum atomic E-state index is -3.13. The second-order valence-electron chi connectivity index (χ2n) is 6.20. The number of benzene rings is 2. The van der Waals surface area contributed by atoms with Crippen LogP contribution in [0.1, 0.15) is 17.5 Å². The quantitative estimate of drug-likeness (QED) is 0.795. The lowest BCUT2D eigenvalue weighted by atomic mass is 10.00. The van der Waals surface area contributed by atoms with Crippen molar-refractivity contribution in [1.82, 2.24) is 0 Å². The summed E-state index contributed by atoms with van der Waals surface area (Å²) in [4.78, 5) is 13.8. The Hall–Kier alpha value is -2.34. The first-order valence-electron chi connectivity index (χ1n) is 8.21. The highest BCUT2D eigenvalue weighted by Gasteiger charge is 2.27. The van der Waals surface area contributed by atoms with E-state index in [1.165, 1.54) is 6.26 Å². The van der Waals surface area contributed by atoms with Gasteiger partial charge in [0.05, 0.1) is 11.4 Å². The standard InChI is InChI=1S/C19H21NO4S/c1-25(22,23)13-12-20-17-8-5-9-18(16(17)10-11-19(20)21)24-14-15-6-3-2-4-7-15/h2-9H,10-14H2,1H3. The Morgan fingerprint density at radius 3 is 2.52 bits per heavy atom. The smallest absolute Gasteiger partial charge is 0.227 e. The first-order valence-corrected chi connectivity index (χ1v) is 10.3. The number of anilines is 1. The summed E-state index contributed by atoms with van der Waals surface area (Å²) < 4.78 is 28.9. The maximum atomic E-state index is 12.3. The molecule has 0 saturated carbocycles. The zero-order valence-electron chi connectivity index (χ0n) is 14.1. The normalized spacial score (nSPS) is 14.3. The van der Waals surface area contributed by atoms with Gasteiger partial charge in [0, 0.05) is 24.8 Å². The minimum Gasteiger partial charge on any atom is -0.489 e. The van der Waals surface area contributed by atoms with Crippen molar-refractivity contribution in [2.75, 3.05) is 23.5 Å². The van der Waals surface area contributed by atoms with Crippen molar-refractivity contribution in [1.29, 1.82) is 0 Å². The number of amides is 1. The number of hydrogen-bond acceptors (Lipinski definition) is 4. The molecule has 0 bridgehead atoms. The molecule has 132 valence electrons. The fraction of sp³-hybridized carbons (Fsp3) is 0.316. The second-order valence-corrected chi connectivity index (χ2v) is 8.46. The van der Waals surface area contributed by atoms with Crippen LogP contribution in [0.4, 0.5) is 5.69 Å². The van der Waals surface area contributed by atoms with Crippen LogP contribution in [0, 0.1) is 0 Å². The van der Waals surface area contributed by atoms with E-state index in [1.54, 1.807) is 4.90 Å². The highest BCUT2D eigenvalue weighted by atomic mass is 32.2. The lowest BCUT2D eigenvalue weighted by molar-refractivity contribution is -0.118. The molecule has 0 aromatic heterocycles. The van der Waals surface area contributed by atoms with Gasteiger partial charge in [-0.2, -0.15) is 0 Å². The lowest BCUT2D eigenvalue weighted by Gasteiger charge is -2.30. The average molecular weight is 359 g/mol. The van der Waals surface area contributed by atoms with Crippen LogP contribution >= 0.6 is 0 Å². The van der Waals surface area contributed by atoms with E-state index in [0.29, 0.717) is 19.4 Å². The Kier molecular flexibility index (Phi) is 5.08. The van der Waals surface area contributed by atoms with Crippen molar-refractivity contribution in [2.24, 2.45) is 0 Å². The Balaban J connectivity index is 1.81. The first-order chi connectivity index (χ1) is 11.9. The molecular formula is C19H21NO4S. The third-order valence-electron chi connectivity index (χ3n) is 4.21. The molecule has 1 heterocycles. The Bertz CT molecular complexity index is 862. The van der Waals surface area contributed by atoms with Crippen LogP contribution in [0.25, 0.3) is 0 Å². The van der Waals surface area contributed by atoms with Gasteiger partial charge in [0.2, 0.25) is 5.91 Å². The number of rotatable bonds is 6. The van der Waals surface area contributed by atoms with Crippen molar-refractivity contribution in [2.45, 2.75) is 19.4 Å². The summed E-state index contributed by atoms with van der Waals surface area (Å²) in [6.07, 6.45) is 2.15. The van der Waals surface area contributed by atoms with Gasteiger partial charge in [0.25, 0.3) is 0 Å². The van der Waals surface area contributed by atoms with Crippen LogP contribution in [-0.4, -0.2) is 32.9 Å². The van der Waals surface area contributed by atoms with Crippen molar-refractivity contribution in [3.63, 3.8) is 0 Å². The number of carbonyl (C=O) groups is 1. The van der Waals surface area contributed by atoms with E-state index in [2.05, 4.69) is 0 Å². The van der Waals surface area contributed by atoms with Gasteiger partial charge in [0.1, 0.15) is 22.2 Å². The predicted molar refractivity (Wildman–Crippen MR) is 97.6 cm³/mol. The fourth-order valence-electron chi connectivity index (χ4n) is 2.93. The summed E-state index contributed by atoms with van der Waals surface area (Å²) in [5, 5.41) is 0. The van der Waals surface area contributed by atoms with Gasteiger partial charge in [-0.1, -0.05) is 36.4 Å². The average Bonchev–Trinajstić information content (AvgIpc) is 2.59. The molecule has 0 unspecified atom stereocenters. The van der Waals surface area contributed by atoms with E-state index in [-0.39, 0.29) is 18.2 Å². The van der Waals surface area contributed by atoms with Crippen molar-refractivity contribution in [3.8, 4) is 5.75 Å². The van der Waals surface area contributed by atoms with E-state index >= 15 is 0 Å². The highest BCUT2D eigenvalue weighted by Crippen LogP contribution is 2.35. The molecule has 0 saturated heterocycles. The van der Waals surface area contributed by atoms with Crippen LogP contribution in [0.5, 0.6) is 5.75 Å². The molecule has 2 aromatic rings. The third kappa shape index (κ3) is 4.39. The number of fused-ring (bicyclic) bond motifs is 1. The molecule has 0 atom stereocenters. The number of nitrogens with zero attached hydrogens (tertiary/aromatic N) is 1. The molecule has 3 rings (SSSR count). The lowest BCUT2D eigenvalue weighted by Crippen LogP contribution is -2.38. The summed E-state index contributed by atoms with van der Waals surface area (Å²) in [7, 11) is -3.13. The first kappa shape index (κ1) is 17.5. The largest absolute Gasteiger partial charge is 0.489 e. The van der Waals surface area contributed by atoms with Crippen LogP contribution in [0.2, 0.25) is 0 Å².